The van der Waals surface area contributed by atoms with Crippen LogP contribution in [-0.2, 0) is 13.1 Å². The van der Waals surface area contributed by atoms with Gasteiger partial charge in [0.1, 0.15) is 5.82 Å². The molecule has 0 atom stereocenters. The van der Waals surface area contributed by atoms with E-state index in [1.807, 2.05) is 63.2 Å². The molecule has 0 bridgehead atoms. The fourth-order valence-electron chi connectivity index (χ4n) is 3.76. The number of hydrogen-bond acceptors (Lipinski definition) is 2. The van der Waals surface area contributed by atoms with Gasteiger partial charge in [-0.1, -0.05) is 54.1 Å². The molecule has 4 aromatic rings. The third-order valence-electron chi connectivity index (χ3n) is 5.89. The molecule has 0 aliphatic carbocycles. The quantitative estimate of drug-likeness (QED) is 0.408. The van der Waals surface area contributed by atoms with Crippen LogP contribution in [0.25, 0.3) is 10.9 Å². The zero-order chi connectivity index (χ0) is 23.5. The second-order valence-corrected chi connectivity index (χ2v) is 8.35. The van der Waals surface area contributed by atoms with E-state index in [4.69, 9.17) is 0 Å². The molecule has 5 nitrogen and oxygen atoms in total. The van der Waals surface area contributed by atoms with Crippen molar-refractivity contribution in [2.24, 2.45) is 0 Å². The van der Waals surface area contributed by atoms with Crippen molar-refractivity contribution in [3.05, 3.63) is 111 Å². The molecule has 2 N–H and O–H groups in total. The summed E-state index contributed by atoms with van der Waals surface area (Å²) in [6.45, 7) is 6.30. The van der Waals surface area contributed by atoms with Crippen LogP contribution < -0.4 is 10.9 Å². The lowest BCUT2D eigenvalue weighted by molar-refractivity contribution is 0.206. The number of hydrogen-bond donors (Lipinski definition) is 2. The number of H-pyrrole nitrogens is 1. The summed E-state index contributed by atoms with van der Waals surface area (Å²) in [5, 5.41) is 3.54. The molecule has 0 aliphatic heterocycles. The minimum atomic E-state index is -0.518. The number of aromatic nitrogens is 1. The van der Waals surface area contributed by atoms with Gasteiger partial charge in [-0.15, -0.1) is 0 Å². The molecule has 0 unspecified atom stereocenters. The number of para-hydroxylation sites is 1. The molecule has 0 aliphatic rings. The fraction of sp³-hybridized carbons (Fsp3) is 0.185. The van der Waals surface area contributed by atoms with Crippen LogP contribution in [0.15, 0.2) is 71.5 Å². The number of benzene rings is 3. The van der Waals surface area contributed by atoms with Gasteiger partial charge in [0, 0.05) is 12.1 Å². The summed E-state index contributed by atoms with van der Waals surface area (Å²) < 4.78 is 14.1. The first-order valence-electron chi connectivity index (χ1n) is 10.8. The van der Waals surface area contributed by atoms with Gasteiger partial charge >= 0.3 is 6.03 Å². The number of nitrogens with one attached hydrogen (secondary N) is 2. The summed E-state index contributed by atoms with van der Waals surface area (Å²) in [6, 6.07) is 19.1. The van der Waals surface area contributed by atoms with E-state index in [1.54, 1.807) is 12.1 Å². The second-order valence-electron chi connectivity index (χ2n) is 8.35. The maximum atomic E-state index is 14.1. The van der Waals surface area contributed by atoms with E-state index in [-0.39, 0.29) is 24.3 Å². The Morgan fingerprint density at radius 2 is 1.70 bits per heavy atom. The first-order valence-corrected chi connectivity index (χ1v) is 10.8. The molecule has 4 rings (SSSR count). The first-order chi connectivity index (χ1) is 15.8. The highest BCUT2D eigenvalue weighted by atomic mass is 19.1. The third-order valence-corrected chi connectivity index (χ3v) is 5.89. The molecule has 1 heterocycles. The van der Waals surface area contributed by atoms with Crippen molar-refractivity contribution in [2.75, 3.05) is 5.32 Å². The van der Waals surface area contributed by atoms with Crippen LogP contribution in [0.4, 0.5) is 14.9 Å². The Labute approximate surface area is 191 Å². The number of halogens is 1. The standard InChI is InChI=1S/C27H26FN3O2/c1-17-8-11-20(12-9-17)15-31(27(33)29-24-7-5-4-6-23(24)28)16-22-14-21-13-10-18(2)19(3)25(21)30-26(22)32/h4-14H,15-16H2,1-3H3,(H,29,33)(H,30,32). The van der Waals surface area contributed by atoms with E-state index < -0.39 is 11.8 Å². The van der Waals surface area contributed by atoms with Gasteiger partial charge in [0.05, 0.1) is 17.7 Å². The van der Waals surface area contributed by atoms with Crippen molar-refractivity contribution >= 4 is 22.6 Å². The predicted octanol–water partition coefficient (Wildman–Crippen LogP) is 5.83. The molecular weight excluding hydrogens is 417 g/mol. The molecule has 0 radical (unpaired) electrons. The average Bonchev–Trinajstić information content (AvgIpc) is 2.80. The molecular formula is C27H26FN3O2. The molecule has 0 fully saturated rings. The number of amides is 2. The molecule has 0 saturated heterocycles. The third kappa shape index (κ3) is 4.95. The van der Waals surface area contributed by atoms with Crippen molar-refractivity contribution < 1.29 is 9.18 Å². The molecule has 0 spiro atoms. The lowest BCUT2D eigenvalue weighted by Crippen LogP contribution is -2.36. The average molecular weight is 444 g/mol. The number of urea groups is 1. The molecule has 6 heteroatoms. The van der Waals surface area contributed by atoms with E-state index in [0.717, 1.165) is 33.2 Å². The van der Waals surface area contributed by atoms with Crippen LogP contribution in [0.2, 0.25) is 0 Å². The Morgan fingerprint density at radius 1 is 0.970 bits per heavy atom. The van der Waals surface area contributed by atoms with Crippen LogP contribution in [-0.4, -0.2) is 15.9 Å². The molecule has 0 saturated carbocycles. The first kappa shape index (κ1) is 22.3. The van der Waals surface area contributed by atoms with Crippen molar-refractivity contribution in [1.82, 2.24) is 9.88 Å². The summed E-state index contributed by atoms with van der Waals surface area (Å²) in [4.78, 5) is 30.5. The summed E-state index contributed by atoms with van der Waals surface area (Å²) in [5.41, 5.74) is 5.23. The van der Waals surface area contributed by atoms with Crippen molar-refractivity contribution in [2.45, 2.75) is 33.9 Å². The molecule has 33 heavy (non-hydrogen) atoms. The zero-order valence-corrected chi connectivity index (χ0v) is 18.9. The van der Waals surface area contributed by atoms with Crippen LogP contribution in [0.5, 0.6) is 0 Å². The zero-order valence-electron chi connectivity index (χ0n) is 18.9. The number of rotatable bonds is 5. The lowest BCUT2D eigenvalue weighted by Gasteiger charge is -2.23. The molecule has 1 aromatic heterocycles. The Hall–Kier alpha value is -3.93. The number of anilines is 1. The van der Waals surface area contributed by atoms with Crippen molar-refractivity contribution in [3.8, 4) is 0 Å². The summed E-state index contributed by atoms with van der Waals surface area (Å²) >= 11 is 0. The van der Waals surface area contributed by atoms with Crippen LogP contribution in [0.1, 0.15) is 27.8 Å². The largest absolute Gasteiger partial charge is 0.322 e. The minimum Gasteiger partial charge on any atom is -0.321 e. The Morgan fingerprint density at radius 3 is 2.42 bits per heavy atom. The Bertz CT molecular complexity index is 1380. The van der Waals surface area contributed by atoms with Gasteiger partial charge in [0.15, 0.2) is 0 Å². The number of carbonyl (C=O) groups excluding carboxylic acids is 1. The summed E-state index contributed by atoms with van der Waals surface area (Å²) in [6.07, 6.45) is 0. The number of nitrogens with zero attached hydrogens (tertiary/aromatic N) is 1. The van der Waals surface area contributed by atoms with E-state index in [0.29, 0.717) is 5.56 Å². The maximum absolute atomic E-state index is 14.1. The molecule has 168 valence electrons. The van der Waals surface area contributed by atoms with Gasteiger partial charge in [-0.3, -0.25) is 4.79 Å². The lowest BCUT2D eigenvalue weighted by atomic mass is 10.0. The number of aryl methyl sites for hydroxylation is 3. The van der Waals surface area contributed by atoms with Gasteiger partial charge < -0.3 is 15.2 Å². The normalized spacial score (nSPS) is 10.9. The van der Waals surface area contributed by atoms with Crippen LogP contribution in [0.3, 0.4) is 0 Å². The van der Waals surface area contributed by atoms with Crippen molar-refractivity contribution in [3.63, 3.8) is 0 Å². The van der Waals surface area contributed by atoms with Gasteiger partial charge in [-0.25, -0.2) is 9.18 Å². The monoisotopic (exact) mass is 443 g/mol. The minimum absolute atomic E-state index is 0.0758. The SMILES string of the molecule is Cc1ccc(CN(Cc2cc3ccc(C)c(C)c3[nH]c2=O)C(=O)Nc2ccccc2F)cc1. The van der Waals surface area contributed by atoms with E-state index >= 15 is 0 Å². The number of fused-ring (bicyclic) bond motifs is 1. The maximum Gasteiger partial charge on any atom is 0.322 e. The smallest absolute Gasteiger partial charge is 0.321 e. The number of pyridine rings is 1. The Kier molecular flexibility index (Phi) is 6.27. The molecule has 2 amide bonds. The Balaban J connectivity index is 1.68. The van der Waals surface area contributed by atoms with E-state index in [1.165, 1.54) is 17.0 Å². The van der Waals surface area contributed by atoms with Crippen LogP contribution >= 0.6 is 0 Å². The highest BCUT2D eigenvalue weighted by Gasteiger charge is 2.18. The fourth-order valence-corrected chi connectivity index (χ4v) is 3.76. The number of aromatic amines is 1. The highest BCUT2D eigenvalue weighted by molar-refractivity contribution is 5.89. The molecule has 3 aromatic carbocycles. The highest BCUT2D eigenvalue weighted by Crippen LogP contribution is 2.21. The van der Waals surface area contributed by atoms with E-state index in [9.17, 15) is 14.0 Å². The topological polar surface area (TPSA) is 65.2 Å². The van der Waals surface area contributed by atoms with Gasteiger partial charge in [0.2, 0.25) is 0 Å². The van der Waals surface area contributed by atoms with Gasteiger partial charge in [0.25, 0.3) is 5.56 Å². The van der Waals surface area contributed by atoms with Gasteiger partial charge in [-0.2, -0.15) is 0 Å². The van der Waals surface area contributed by atoms with Crippen LogP contribution in [0, 0.1) is 26.6 Å². The van der Waals surface area contributed by atoms with Gasteiger partial charge in [-0.05, 0) is 61.0 Å². The summed E-state index contributed by atoms with van der Waals surface area (Å²) in [7, 11) is 0. The van der Waals surface area contributed by atoms with Crippen molar-refractivity contribution in [1.29, 1.82) is 0 Å². The van der Waals surface area contributed by atoms with E-state index in [2.05, 4.69) is 10.3 Å². The second kappa shape index (κ2) is 9.28. The predicted molar refractivity (Wildman–Crippen MR) is 130 cm³/mol. The summed E-state index contributed by atoms with van der Waals surface area (Å²) in [5.74, 6) is -0.518. The number of carbonyl (C=O) groups is 1.